The fourth-order valence-corrected chi connectivity index (χ4v) is 7.95. The molecule has 0 saturated carbocycles. The summed E-state index contributed by atoms with van der Waals surface area (Å²) in [6.45, 7) is 3.28. The molecule has 10 heteroatoms. The number of amides is 1. The Labute approximate surface area is 193 Å². The highest BCUT2D eigenvalue weighted by molar-refractivity contribution is 7.91. The first-order chi connectivity index (χ1) is 15.5. The SMILES string of the molecule is O=C(C1CCN(S(=O)(=O)c2cccs2)CC1)N1CCC[C@@H](c2nnc3n2CCCCC3)C1. The molecule has 0 N–H and O–H groups in total. The Morgan fingerprint density at radius 1 is 1.00 bits per heavy atom. The van der Waals surface area contributed by atoms with Crippen LogP contribution in [-0.2, 0) is 27.8 Å². The summed E-state index contributed by atoms with van der Waals surface area (Å²) in [5, 5.41) is 10.8. The number of aromatic nitrogens is 3. The maximum absolute atomic E-state index is 13.3. The number of aryl methyl sites for hydroxylation is 1. The summed E-state index contributed by atoms with van der Waals surface area (Å²) in [6, 6.07) is 3.41. The molecular formula is C22H31N5O3S2. The van der Waals surface area contributed by atoms with Gasteiger partial charge in [-0.15, -0.1) is 21.5 Å². The minimum absolute atomic E-state index is 0.0981. The Morgan fingerprint density at radius 3 is 2.62 bits per heavy atom. The molecule has 8 nitrogen and oxygen atoms in total. The van der Waals surface area contributed by atoms with Crippen molar-refractivity contribution in [2.75, 3.05) is 26.2 Å². The first-order valence-corrected chi connectivity index (χ1v) is 14.1. The Hall–Kier alpha value is -1.78. The van der Waals surface area contributed by atoms with Crippen LogP contribution in [0.15, 0.2) is 21.7 Å². The number of piperidine rings is 2. The number of carbonyl (C=O) groups excluding carboxylic acids is 1. The summed E-state index contributed by atoms with van der Waals surface area (Å²) in [7, 11) is -3.43. The average molecular weight is 478 g/mol. The van der Waals surface area contributed by atoms with Crippen LogP contribution in [0.2, 0.25) is 0 Å². The highest BCUT2D eigenvalue weighted by Crippen LogP contribution is 2.31. The second-order valence-electron chi connectivity index (χ2n) is 9.17. The van der Waals surface area contributed by atoms with E-state index in [4.69, 9.17) is 0 Å². The number of thiophene rings is 1. The zero-order valence-corrected chi connectivity index (χ0v) is 20.0. The molecule has 0 spiro atoms. The first-order valence-electron chi connectivity index (χ1n) is 11.8. The molecule has 1 amide bonds. The molecule has 0 bridgehead atoms. The molecule has 2 saturated heterocycles. The third kappa shape index (κ3) is 4.24. The van der Waals surface area contributed by atoms with Crippen LogP contribution in [0.25, 0.3) is 0 Å². The lowest BCUT2D eigenvalue weighted by Crippen LogP contribution is -2.47. The van der Waals surface area contributed by atoms with Crippen LogP contribution in [0.4, 0.5) is 0 Å². The number of sulfonamides is 1. The molecule has 5 heterocycles. The predicted octanol–water partition coefficient (Wildman–Crippen LogP) is 2.87. The summed E-state index contributed by atoms with van der Waals surface area (Å²) >= 11 is 1.25. The van der Waals surface area contributed by atoms with Crippen LogP contribution in [-0.4, -0.2) is 64.5 Å². The van der Waals surface area contributed by atoms with Crippen molar-refractivity contribution in [1.29, 1.82) is 0 Å². The largest absolute Gasteiger partial charge is 0.342 e. The molecule has 2 aromatic heterocycles. The Morgan fingerprint density at radius 2 is 1.84 bits per heavy atom. The average Bonchev–Trinajstić information content (AvgIpc) is 3.45. The van der Waals surface area contributed by atoms with Crippen LogP contribution in [0, 0.1) is 5.92 Å². The topological polar surface area (TPSA) is 88.4 Å². The van der Waals surface area contributed by atoms with Gasteiger partial charge < -0.3 is 9.47 Å². The molecule has 5 rings (SSSR count). The Bertz CT molecular complexity index is 1040. The summed E-state index contributed by atoms with van der Waals surface area (Å²) in [6.07, 6.45) is 7.77. The van der Waals surface area contributed by atoms with Crippen molar-refractivity contribution in [3.63, 3.8) is 0 Å². The molecule has 2 fully saturated rings. The molecule has 174 valence electrons. The van der Waals surface area contributed by atoms with Crippen molar-refractivity contribution in [2.45, 2.75) is 68.0 Å². The molecule has 0 unspecified atom stereocenters. The van der Waals surface area contributed by atoms with Crippen LogP contribution in [0.3, 0.4) is 0 Å². The molecule has 3 aliphatic rings. The van der Waals surface area contributed by atoms with Crippen molar-refractivity contribution in [3.05, 3.63) is 29.2 Å². The molecule has 3 aliphatic heterocycles. The third-order valence-electron chi connectivity index (χ3n) is 7.13. The number of carbonyl (C=O) groups is 1. The van der Waals surface area contributed by atoms with Gasteiger partial charge in [0.1, 0.15) is 15.9 Å². The van der Waals surface area contributed by atoms with Gasteiger partial charge in [-0.05, 0) is 50.0 Å². The van der Waals surface area contributed by atoms with Gasteiger partial charge in [0, 0.05) is 51.0 Å². The molecule has 0 aliphatic carbocycles. The lowest BCUT2D eigenvalue weighted by atomic mass is 9.92. The molecule has 2 aromatic rings. The van der Waals surface area contributed by atoms with Gasteiger partial charge in [0.2, 0.25) is 5.91 Å². The van der Waals surface area contributed by atoms with Crippen LogP contribution >= 0.6 is 11.3 Å². The standard InChI is InChI=1S/C22H31N5O3S2/c28-22(17-9-13-26(14-10-17)32(29,30)20-8-5-15-31-20)25-11-4-6-18(16-25)21-24-23-19-7-2-1-3-12-27(19)21/h5,8,15,17-18H,1-4,6-7,9-14,16H2/t18-/m1/s1. The van der Waals surface area contributed by atoms with Crippen LogP contribution in [0.1, 0.15) is 62.5 Å². The van der Waals surface area contributed by atoms with Crippen LogP contribution < -0.4 is 0 Å². The maximum atomic E-state index is 13.3. The van der Waals surface area contributed by atoms with Crippen molar-refractivity contribution in [2.24, 2.45) is 5.92 Å². The fraction of sp³-hybridized carbons (Fsp3) is 0.682. The van der Waals surface area contributed by atoms with Crippen molar-refractivity contribution >= 4 is 27.3 Å². The second-order valence-corrected chi connectivity index (χ2v) is 12.3. The zero-order valence-electron chi connectivity index (χ0n) is 18.4. The van der Waals surface area contributed by atoms with Gasteiger partial charge in [0.15, 0.2) is 0 Å². The normalized spacial score (nSPS) is 23.6. The van der Waals surface area contributed by atoms with E-state index in [9.17, 15) is 13.2 Å². The number of rotatable bonds is 4. The maximum Gasteiger partial charge on any atom is 0.252 e. The molecule has 1 atom stereocenters. The molecule has 0 radical (unpaired) electrons. The van der Waals surface area contributed by atoms with Crippen molar-refractivity contribution in [1.82, 2.24) is 24.0 Å². The highest BCUT2D eigenvalue weighted by Gasteiger charge is 2.36. The lowest BCUT2D eigenvalue weighted by Gasteiger charge is -2.37. The summed E-state index contributed by atoms with van der Waals surface area (Å²) in [5.74, 6) is 2.47. The minimum atomic E-state index is -3.43. The van der Waals surface area contributed by atoms with E-state index in [1.165, 1.54) is 34.9 Å². The smallest absolute Gasteiger partial charge is 0.252 e. The van der Waals surface area contributed by atoms with Gasteiger partial charge in [-0.2, -0.15) is 4.31 Å². The van der Waals surface area contributed by atoms with E-state index in [1.807, 2.05) is 4.90 Å². The quantitative estimate of drug-likeness (QED) is 0.676. The van der Waals surface area contributed by atoms with Gasteiger partial charge >= 0.3 is 0 Å². The summed E-state index contributed by atoms with van der Waals surface area (Å²) in [5.41, 5.74) is 0. The number of nitrogens with zero attached hydrogens (tertiary/aromatic N) is 5. The van der Waals surface area contributed by atoms with Gasteiger partial charge in [-0.1, -0.05) is 12.5 Å². The lowest BCUT2D eigenvalue weighted by molar-refractivity contribution is -0.138. The van der Waals surface area contributed by atoms with E-state index >= 15 is 0 Å². The van der Waals surface area contributed by atoms with E-state index in [0.29, 0.717) is 36.7 Å². The van der Waals surface area contributed by atoms with Crippen molar-refractivity contribution < 1.29 is 13.2 Å². The first kappa shape index (κ1) is 22.0. The summed E-state index contributed by atoms with van der Waals surface area (Å²) in [4.78, 5) is 15.3. The monoisotopic (exact) mass is 477 g/mol. The van der Waals surface area contributed by atoms with Gasteiger partial charge in [0.25, 0.3) is 10.0 Å². The van der Waals surface area contributed by atoms with Gasteiger partial charge in [0.05, 0.1) is 0 Å². The van der Waals surface area contributed by atoms with E-state index < -0.39 is 10.0 Å². The third-order valence-corrected chi connectivity index (χ3v) is 10.4. The van der Waals surface area contributed by atoms with Gasteiger partial charge in [-0.25, -0.2) is 8.42 Å². The van der Waals surface area contributed by atoms with Gasteiger partial charge in [-0.3, -0.25) is 4.79 Å². The summed E-state index contributed by atoms with van der Waals surface area (Å²) < 4.78 is 29.8. The van der Waals surface area contributed by atoms with Crippen molar-refractivity contribution in [3.8, 4) is 0 Å². The fourth-order valence-electron chi connectivity index (χ4n) is 5.34. The van der Waals surface area contributed by atoms with E-state index in [0.717, 1.165) is 44.0 Å². The Kier molecular flexibility index (Phi) is 6.35. The second kappa shape index (κ2) is 9.23. The minimum Gasteiger partial charge on any atom is -0.342 e. The van der Waals surface area contributed by atoms with E-state index in [2.05, 4.69) is 14.8 Å². The van der Waals surface area contributed by atoms with E-state index in [1.54, 1.807) is 17.5 Å². The highest BCUT2D eigenvalue weighted by atomic mass is 32.2. The molecule has 32 heavy (non-hydrogen) atoms. The Balaban J connectivity index is 1.22. The number of hydrogen-bond acceptors (Lipinski definition) is 6. The molecular weight excluding hydrogens is 446 g/mol. The number of likely N-dealkylation sites (tertiary alicyclic amines) is 1. The zero-order chi connectivity index (χ0) is 22.1. The number of fused-ring (bicyclic) bond motifs is 1. The predicted molar refractivity (Wildman–Crippen MR) is 122 cm³/mol. The number of hydrogen-bond donors (Lipinski definition) is 0. The molecule has 0 aromatic carbocycles. The van der Waals surface area contributed by atoms with E-state index in [-0.39, 0.29) is 17.7 Å². The van der Waals surface area contributed by atoms with Crippen LogP contribution in [0.5, 0.6) is 0 Å².